The van der Waals surface area contributed by atoms with Crippen molar-refractivity contribution in [3.63, 3.8) is 0 Å². The summed E-state index contributed by atoms with van der Waals surface area (Å²) in [4.78, 5) is 0. The van der Waals surface area contributed by atoms with Crippen LogP contribution >= 0.6 is 0 Å². The summed E-state index contributed by atoms with van der Waals surface area (Å²) >= 11 is 0. The summed E-state index contributed by atoms with van der Waals surface area (Å²) in [5.74, 6) is 0. The zero-order valence-corrected chi connectivity index (χ0v) is 9.92. The van der Waals surface area contributed by atoms with Crippen LogP contribution in [0.25, 0.3) is 0 Å². The van der Waals surface area contributed by atoms with Crippen molar-refractivity contribution in [3.05, 3.63) is 0 Å². The van der Waals surface area contributed by atoms with Crippen LogP contribution in [0.5, 0.6) is 0 Å². The van der Waals surface area contributed by atoms with Crippen molar-refractivity contribution in [2.24, 2.45) is 0 Å². The van der Waals surface area contributed by atoms with E-state index in [0.717, 1.165) is 6.42 Å². The van der Waals surface area contributed by atoms with Crippen LogP contribution in [-0.4, -0.2) is 35.0 Å². The first-order valence-electron chi connectivity index (χ1n) is 5.34. The van der Waals surface area contributed by atoms with Crippen molar-refractivity contribution in [1.82, 2.24) is 5.32 Å². The maximum absolute atomic E-state index is 8.99. The van der Waals surface area contributed by atoms with Gasteiger partial charge in [0.1, 0.15) is 0 Å². The number of hydrogen-bond donors (Lipinski definition) is 2. The molecule has 1 saturated heterocycles. The van der Waals surface area contributed by atoms with E-state index in [4.69, 9.17) is 9.84 Å². The second-order valence-corrected chi connectivity index (χ2v) is 5.47. The summed E-state index contributed by atoms with van der Waals surface area (Å²) < 4.78 is 5.95. The molecule has 0 amide bonds. The molecule has 0 aromatic carbocycles. The van der Waals surface area contributed by atoms with Gasteiger partial charge in [-0.1, -0.05) is 0 Å². The first-order valence-corrected chi connectivity index (χ1v) is 5.34. The Balaban J connectivity index is 2.61. The minimum Gasteiger partial charge on any atom is -0.395 e. The van der Waals surface area contributed by atoms with Crippen LogP contribution in [0.4, 0.5) is 0 Å². The van der Waals surface area contributed by atoms with E-state index in [1.165, 1.54) is 0 Å². The molecule has 0 aliphatic carbocycles. The normalized spacial score (nSPS) is 31.7. The van der Waals surface area contributed by atoms with Crippen molar-refractivity contribution in [2.45, 2.75) is 64.3 Å². The molecule has 0 bridgehead atoms. The van der Waals surface area contributed by atoms with Gasteiger partial charge < -0.3 is 15.2 Å². The van der Waals surface area contributed by atoms with Crippen LogP contribution in [0.3, 0.4) is 0 Å². The van der Waals surface area contributed by atoms with Crippen molar-refractivity contribution in [3.8, 4) is 0 Å². The van der Waals surface area contributed by atoms with E-state index >= 15 is 0 Å². The number of aliphatic hydroxyl groups is 1. The molecule has 3 nitrogen and oxygen atoms in total. The maximum atomic E-state index is 8.99. The van der Waals surface area contributed by atoms with Gasteiger partial charge in [-0.25, -0.2) is 0 Å². The number of hydrogen-bond acceptors (Lipinski definition) is 3. The molecule has 1 aliphatic heterocycles. The maximum Gasteiger partial charge on any atom is 0.0787 e. The second-order valence-electron chi connectivity index (χ2n) is 5.47. The van der Waals surface area contributed by atoms with E-state index in [-0.39, 0.29) is 23.9 Å². The molecule has 1 rings (SSSR count). The molecular formula is C11H23NO2. The van der Waals surface area contributed by atoms with Gasteiger partial charge >= 0.3 is 0 Å². The van der Waals surface area contributed by atoms with E-state index in [1.54, 1.807) is 0 Å². The van der Waals surface area contributed by atoms with Gasteiger partial charge in [-0.05, 0) is 41.0 Å². The summed E-state index contributed by atoms with van der Waals surface area (Å²) in [6.07, 6.45) is 0.990. The fraction of sp³-hybridized carbons (Fsp3) is 1.00. The van der Waals surface area contributed by atoms with E-state index in [2.05, 4.69) is 33.0 Å². The molecular weight excluding hydrogens is 178 g/mol. The Bertz CT molecular complexity index is 201. The molecule has 14 heavy (non-hydrogen) atoms. The summed E-state index contributed by atoms with van der Waals surface area (Å²) in [7, 11) is 0. The monoisotopic (exact) mass is 201 g/mol. The molecule has 1 heterocycles. The quantitative estimate of drug-likeness (QED) is 0.723. The fourth-order valence-corrected chi connectivity index (χ4v) is 2.22. The van der Waals surface area contributed by atoms with Crippen molar-refractivity contribution in [2.75, 3.05) is 6.61 Å². The molecule has 84 valence electrons. The van der Waals surface area contributed by atoms with Crippen LogP contribution < -0.4 is 5.32 Å². The van der Waals surface area contributed by atoms with Gasteiger partial charge in [-0.2, -0.15) is 0 Å². The zero-order valence-electron chi connectivity index (χ0n) is 9.92. The van der Waals surface area contributed by atoms with E-state index in [1.807, 2.05) is 6.92 Å². The lowest BCUT2D eigenvalue weighted by Gasteiger charge is -2.29. The average molecular weight is 201 g/mol. The predicted octanol–water partition coefficient (Wildman–Crippen LogP) is 1.30. The largest absolute Gasteiger partial charge is 0.395 e. The summed E-state index contributed by atoms with van der Waals surface area (Å²) in [5.41, 5.74) is -0.205. The van der Waals surface area contributed by atoms with Crippen molar-refractivity contribution in [1.29, 1.82) is 0 Å². The number of rotatable bonds is 3. The Labute approximate surface area is 86.8 Å². The van der Waals surface area contributed by atoms with E-state index in [0.29, 0.717) is 6.04 Å². The van der Waals surface area contributed by atoms with Gasteiger partial charge in [-0.15, -0.1) is 0 Å². The number of nitrogens with one attached hydrogen (secondary N) is 1. The first-order chi connectivity index (χ1) is 6.27. The van der Waals surface area contributed by atoms with Gasteiger partial charge in [0.25, 0.3) is 0 Å². The minimum atomic E-state index is -0.146. The third-order valence-corrected chi connectivity index (χ3v) is 2.83. The van der Waals surface area contributed by atoms with Crippen LogP contribution in [0.1, 0.15) is 41.0 Å². The van der Waals surface area contributed by atoms with Gasteiger partial charge in [0.15, 0.2) is 0 Å². The smallest absolute Gasteiger partial charge is 0.0787 e. The highest BCUT2D eigenvalue weighted by molar-refractivity contribution is 4.99. The summed E-state index contributed by atoms with van der Waals surface area (Å²) in [6, 6.07) is 0.455. The molecule has 1 aliphatic rings. The third kappa shape index (κ3) is 2.69. The molecule has 0 spiro atoms. The van der Waals surface area contributed by atoms with Gasteiger partial charge in [0.05, 0.1) is 17.8 Å². The van der Waals surface area contributed by atoms with Crippen LogP contribution in [0.2, 0.25) is 0 Å². The average Bonchev–Trinajstić information content (AvgIpc) is 2.19. The SMILES string of the molecule is C[C@@H](CO)NC1CC(C)(C)OC1(C)C. The molecule has 0 saturated carbocycles. The lowest BCUT2D eigenvalue weighted by Crippen LogP contribution is -2.48. The Kier molecular flexibility index (Phi) is 3.24. The highest BCUT2D eigenvalue weighted by atomic mass is 16.5. The number of aliphatic hydroxyl groups excluding tert-OH is 1. The fourth-order valence-electron chi connectivity index (χ4n) is 2.22. The Hall–Kier alpha value is -0.120. The second kappa shape index (κ2) is 3.80. The standard InChI is InChI=1S/C11H23NO2/c1-8(7-13)12-9-6-10(2,3)14-11(9,4)5/h8-9,12-13H,6-7H2,1-5H3/t8-,9?/m0/s1. The predicted molar refractivity (Wildman–Crippen MR) is 57.3 cm³/mol. The van der Waals surface area contributed by atoms with E-state index in [9.17, 15) is 0 Å². The molecule has 2 atom stereocenters. The Morgan fingerprint density at radius 1 is 1.43 bits per heavy atom. The highest BCUT2D eigenvalue weighted by Crippen LogP contribution is 2.37. The van der Waals surface area contributed by atoms with Crippen LogP contribution in [-0.2, 0) is 4.74 Å². The molecule has 0 aromatic heterocycles. The molecule has 3 heteroatoms. The molecule has 2 N–H and O–H groups in total. The lowest BCUT2D eigenvalue weighted by atomic mass is 9.94. The Morgan fingerprint density at radius 2 is 2.00 bits per heavy atom. The number of ether oxygens (including phenoxy) is 1. The minimum absolute atomic E-state index is 0.0592. The first kappa shape index (κ1) is 12.0. The summed E-state index contributed by atoms with van der Waals surface area (Å²) in [5, 5.41) is 12.4. The molecule has 0 radical (unpaired) electrons. The molecule has 1 unspecified atom stereocenters. The van der Waals surface area contributed by atoms with Gasteiger partial charge in [0.2, 0.25) is 0 Å². The van der Waals surface area contributed by atoms with Gasteiger partial charge in [0, 0.05) is 12.1 Å². The summed E-state index contributed by atoms with van der Waals surface area (Å²) in [6.45, 7) is 10.6. The topological polar surface area (TPSA) is 41.5 Å². The lowest BCUT2D eigenvalue weighted by molar-refractivity contribution is -0.0706. The van der Waals surface area contributed by atoms with Crippen LogP contribution in [0.15, 0.2) is 0 Å². The Morgan fingerprint density at radius 3 is 2.36 bits per heavy atom. The zero-order chi connectivity index (χ0) is 11.0. The molecule has 0 aromatic rings. The highest BCUT2D eigenvalue weighted by Gasteiger charge is 2.45. The van der Waals surface area contributed by atoms with E-state index < -0.39 is 0 Å². The van der Waals surface area contributed by atoms with Gasteiger partial charge in [-0.3, -0.25) is 0 Å². The molecule has 1 fully saturated rings. The van der Waals surface area contributed by atoms with Crippen LogP contribution in [0, 0.1) is 0 Å². The third-order valence-electron chi connectivity index (χ3n) is 2.83. The van der Waals surface area contributed by atoms with Crippen molar-refractivity contribution >= 4 is 0 Å². The van der Waals surface area contributed by atoms with Crippen molar-refractivity contribution < 1.29 is 9.84 Å².